The predicted molar refractivity (Wildman–Crippen MR) is 94.4 cm³/mol. The minimum Gasteiger partial charge on any atom is -0.325 e. The molecule has 1 fully saturated rings. The zero-order valence-corrected chi connectivity index (χ0v) is 13.7. The topological polar surface area (TPSA) is 32.3 Å². The molecular weight excluding hydrogens is 284 g/mol. The summed E-state index contributed by atoms with van der Waals surface area (Å²) in [7, 11) is 0. The molecule has 1 aliphatic rings. The first-order valence-electron chi connectivity index (χ1n) is 8.44. The van der Waals surface area contributed by atoms with E-state index in [1.807, 2.05) is 24.3 Å². The molecule has 0 spiro atoms. The summed E-state index contributed by atoms with van der Waals surface area (Å²) in [6.07, 6.45) is 3.20. The zero-order chi connectivity index (χ0) is 16.1. The Morgan fingerprint density at radius 2 is 1.87 bits per heavy atom. The van der Waals surface area contributed by atoms with Crippen LogP contribution in [0.25, 0.3) is 0 Å². The number of amides is 1. The lowest BCUT2D eigenvalue weighted by molar-refractivity contribution is -0.117. The van der Waals surface area contributed by atoms with Crippen molar-refractivity contribution in [3.63, 3.8) is 0 Å². The fourth-order valence-corrected chi connectivity index (χ4v) is 3.39. The largest absolute Gasteiger partial charge is 0.325 e. The lowest BCUT2D eigenvalue weighted by Crippen LogP contribution is -2.33. The number of anilines is 1. The molecule has 0 bridgehead atoms. The molecule has 120 valence electrons. The van der Waals surface area contributed by atoms with E-state index < -0.39 is 0 Å². The predicted octanol–water partition coefficient (Wildman–Crippen LogP) is 4.02. The van der Waals surface area contributed by atoms with Gasteiger partial charge in [0.2, 0.25) is 5.91 Å². The van der Waals surface area contributed by atoms with Gasteiger partial charge in [-0.15, -0.1) is 0 Å². The van der Waals surface area contributed by atoms with Crippen LogP contribution >= 0.6 is 0 Å². The molecule has 1 N–H and O–H groups in total. The number of likely N-dealkylation sites (tertiary alicyclic amines) is 1. The summed E-state index contributed by atoms with van der Waals surface area (Å²) >= 11 is 0. The molecule has 1 unspecified atom stereocenters. The SMILES string of the molecule is CCc1ccccc1NC(=O)CN1CCCC1c1ccccc1. The normalized spacial score (nSPS) is 18.0. The lowest BCUT2D eigenvalue weighted by atomic mass is 10.0. The molecule has 1 atom stereocenters. The molecule has 1 aliphatic heterocycles. The highest BCUT2D eigenvalue weighted by molar-refractivity contribution is 5.93. The number of carbonyl (C=O) groups excluding carboxylic acids is 1. The van der Waals surface area contributed by atoms with Crippen molar-refractivity contribution < 1.29 is 4.79 Å². The van der Waals surface area contributed by atoms with Crippen molar-refractivity contribution in [3.05, 3.63) is 65.7 Å². The van der Waals surface area contributed by atoms with Crippen molar-refractivity contribution in [1.82, 2.24) is 4.90 Å². The second kappa shape index (κ2) is 7.42. The summed E-state index contributed by atoms with van der Waals surface area (Å²) in [5.41, 5.74) is 3.43. The second-order valence-corrected chi connectivity index (χ2v) is 6.10. The number of hydrogen-bond acceptors (Lipinski definition) is 2. The maximum absolute atomic E-state index is 12.5. The number of aryl methyl sites for hydroxylation is 1. The average Bonchev–Trinajstić information content (AvgIpc) is 3.04. The number of para-hydroxylation sites is 1. The van der Waals surface area contributed by atoms with Gasteiger partial charge in [-0.2, -0.15) is 0 Å². The standard InChI is InChI=1S/C20H24N2O/c1-2-16-9-6-7-12-18(16)21-20(23)15-22-14-8-13-19(22)17-10-4-3-5-11-17/h3-7,9-12,19H,2,8,13-15H2,1H3,(H,21,23). The molecule has 1 saturated heterocycles. The van der Waals surface area contributed by atoms with E-state index in [1.165, 1.54) is 11.1 Å². The molecule has 1 heterocycles. The molecule has 0 radical (unpaired) electrons. The maximum atomic E-state index is 12.5. The first-order valence-corrected chi connectivity index (χ1v) is 8.44. The first kappa shape index (κ1) is 15.8. The van der Waals surface area contributed by atoms with Gasteiger partial charge in [0.1, 0.15) is 0 Å². The van der Waals surface area contributed by atoms with E-state index in [2.05, 4.69) is 47.5 Å². The van der Waals surface area contributed by atoms with Crippen molar-refractivity contribution >= 4 is 11.6 Å². The Labute approximate surface area is 138 Å². The van der Waals surface area contributed by atoms with E-state index in [4.69, 9.17) is 0 Å². The van der Waals surface area contributed by atoms with Gasteiger partial charge in [0.15, 0.2) is 0 Å². The van der Waals surface area contributed by atoms with Crippen molar-refractivity contribution in [3.8, 4) is 0 Å². The molecule has 23 heavy (non-hydrogen) atoms. The molecule has 0 aliphatic carbocycles. The van der Waals surface area contributed by atoms with Crippen LogP contribution in [0.1, 0.15) is 36.9 Å². The van der Waals surface area contributed by atoms with Gasteiger partial charge in [-0.1, -0.05) is 55.5 Å². The third-order valence-electron chi connectivity index (χ3n) is 4.57. The van der Waals surface area contributed by atoms with Gasteiger partial charge in [-0.05, 0) is 43.0 Å². The van der Waals surface area contributed by atoms with E-state index in [-0.39, 0.29) is 5.91 Å². The Morgan fingerprint density at radius 3 is 2.65 bits per heavy atom. The van der Waals surface area contributed by atoms with Crippen molar-refractivity contribution in [1.29, 1.82) is 0 Å². The maximum Gasteiger partial charge on any atom is 0.238 e. The lowest BCUT2D eigenvalue weighted by Gasteiger charge is -2.24. The van der Waals surface area contributed by atoms with Crippen LogP contribution in [-0.4, -0.2) is 23.9 Å². The van der Waals surface area contributed by atoms with Crippen molar-refractivity contribution in [2.24, 2.45) is 0 Å². The highest BCUT2D eigenvalue weighted by Crippen LogP contribution is 2.31. The number of nitrogens with zero attached hydrogens (tertiary/aromatic N) is 1. The third-order valence-corrected chi connectivity index (χ3v) is 4.57. The van der Waals surface area contributed by atoms with Crippen LogP contribution in [-0.2, 0) is 11.2 Å². The zero-order valence-electron chi connectivity index (χ0n) is 13.7. The average molecular weight is 308 g/mol. The third kappa shape index (κ3) is 3.80. The molecule has 2 aromatic rings. The fourth-order valence-electron chi connectivity index (χ4n) is 3.39. The van der Waals surface area contributed by atoms with Gasteiger partial charge < -0.3 is 5.32 Å². The number of nitrogens with one attached hydrogen (secondary N) is 1. The van der Waals surface area contributed by atoms with Crippen molar-refractivity contribution in [2.75, 3.05) is 18.4 Å². The molecule has 1 amide bonds. The number of rotatable bonds is 5. The molecule has 3 nitrogen and oxygen atoms in total. The highest BCUT2D eigenvalue weighted by Gasteiger charge is 2.27. The van der Waals surface area contributed by atoms with Gasteiger partial charge in [-0.3, -0.25) is 9.69 Å². The molecule has 2 aromatic carbocycles. The van der Waals surface area contributed by atoms with E-state index >= 15 is 0 Å². The van der Waals surface area contributed by atoms with E-state index in [0.29, 0.717) is 12.6 Å². The van der Waals surface area contributed by atoms with Crippen LogP contribution in [0.2, 0.25) is 0 Å². The van der Waals surface area contributed by atoms with Gasteiger partial charge in [0.05, 0.1) is 6.54 Å². The van der Waals surface area contributed by atoms with Crippen molar-refractivity contribution in [2.45, 2.75) is 32.2 Å². The summed E-state index contributed by atoms with van der Waals surface area (Å²) in [5, 5.41) is 3.08. The van der Waals surface area contributed by atoms with Crippen LogP contribution in [0.4, 0.5) is 5.69 Å². The Kier molecular flexibility index (Phi) is 5.09. The Balaban J connectivity index is 1.65. The Bertz CT molecular complexity index is 654. The Hall–Kier alpha value is -2.13. The van der Waals surface area contributed by atoms with Crippen LogP contribution in [0.5, 0.6) is 0 Å². The fraction of sp³-hybridized carbons (Fsp3) is 0.350. The van der Waals surface area contributed by atoms with Crippen LogP contribution < -0.4 is 5.32 Å². The number of carbonyl (C=O) groups is 1. The smallest absolute Gasteiger partial charge is 0.238 e. The monoisotopic (exact) mass is 308 g/mol. The first-order chi connectivity index (χ1) is 11.3. The minimum absolute atomic E-state index is 0.0775. The molecular formula is C20H24N2O. The van der Waals surface area contributed by atoms with E-state index in [9.17, 15) is 4.79 Å². The Morgan fingerprint density at radius 1 is 1.13 bits per heavy atom. The quantitative estimate of drug-likeness (QED) is 0.904. The second-order valence-electron chi connectivity index (χ2n) is 6.10. The highest BCUT2D eigenvalue weighted by atomic mass is 16.2. The van der Waals surface area contributed by atoms with Gasteiger partial charge >= 0.3 is 0 Å². The number of hydrogen-bond donors (Lipinski definition) is 1. The molecule has 0 aromatic heterocycles. The van der Waals surface area contributed by atoms with Crippen LogP contribution in [0, 0.1) is 0 Å². The summed E-state index contributed by atoms with van der Waals surface area (Å²) in [5.74, 6) is 0.0775. The minimum atomic E-state index is 0.0775. The van der Waals surface area contributed by atoms with E-state index in [1.54, 1.807) is 0 Å². The number of benzene rings is 2. The van der Waals surface area contributed by atoms with Gasteiger partial charge in [-0.25, -0.2) is 0 Å². The molecule has 0 saturated carbocycles. The molecule has 3 heteroatoms. The summed E-state index contributed by atoms with van der Waals surface area (Å²) in [6, 6.07) is 18.9. The van der Waals surface area contributed by atoms with Gasteiger partial charge in [0.25, 0.3) is 0 Å². The summed E-state index contributed by atoms with van der Waals surface area (Å²) in [4.78, 5) is 14.8. The van der Waals surface area contributed by atoms with E-state index in [0.717, 1.165) is 31.5 Å². The van der Waals surface area contributed by atoms with Crippen LogP contribution in [0.3, 0.4) is 0 Å². The van der Waals surface area contributed by atoms with Gasteiger partial charge in [0, 0.05) is 11.7 Å². The summed E-state index contributed by atoms with van der Waals surface area (Å²) < 4.78 is 0. The van der Waals surface area contributed by atoms with Crippen LogP contribution in [0.15, 0.2) is 54.6 Å². The molecule has 3 rings (SSSR count). The summed E-state index contributed by atoms with van der Waals surface area (Å²) in [6.45, 7) is 3.55.